The third-order valence-corrected chi connectivity index (χ3v) is 32.0. The molecule has 18 aromatic carbocycles. The first kappa shape index (κ1) is 69.9. The van der Waals surface area contributed by atoms with E-state index in [-0.39, 0.29) is 0 Å². The van der Waals surface area contributed by atoms with E-state index in [1.165, 1.54) is 209 Å². The predicted octanol–water partition coefficient (Wildman–Crippen LogP) is 27.8. The average molecular weight is 1510 g/mol. The highest BCUT2D eigenvalue weighted by Crippen LogP contribution is 2.43. The summed E-state index contributed by atoms with van der Waals surface area (Å²) < 4.78 is 4.85. The van der Waals surface area contributed by atoms with Crippen LogP contribution >= 0.6 is 0 Å². The van der Waals surface area contributed by atoms with Crippen molar-refractivity contribution in [2.75, 3.05) is 0 Å². The Balaban J connectivity index is 0.000000146. The van der Waals surface area contributed by atoms with Crippen LogP contribution in [0.15, 0.2) is 425 Å². The Hall–Kier alpha value is -14.0. The average Bonchev–Trinajstić information content (AvgIpc) is 1.57. The second kappa shape index (κ2) is 28.6. The molecule has 4 heteroatoms. The summed E-state index contributed by atoms with van der Waals surface area (Å²) in [6, 6.07) is 152. The first-order chi connectivity index (χ1) is 57.0. The molecular formula is C112H82N2Si2. The summed E-state index contributed by atoms with van der Waals surface area (Å²) in [5.74, 6) is 0. The number of rotatable bonds is 12. The number of benzene rings is 18. The molecule has 0 saturated heterocycles. The summed E-state index contributed by atoms with van der Waals surface area (Å²) in [7, 11) is -3.97. The monoisotopic (exact) mass is 1510 g/mol. The van der Waals surface area contributed by atoms with E-state index in [1.807, 2.05) is 0 Å². The lowest BCUT2D eigenvalue weighted by atomic mass is 9.94. The van der Waals surface area contributed by atoms with Crippen molar-refractivity contribution >= 4 is 80.2 Å². The summed E-state index contributed by atoms with van der Waals surface area (Å²) in [6.45, 7) is 10.1. The number of fused-ring (bicyclic) bond motifs is 10. The Morgan fingerprint density at radius 3 is 0.776 bits per heavy atom. The van der Waals surface area contributed by atoms with Crippen molar-refractivity contribution < 1.29 is 0 Å². The molecule has 116 heavy (non-hydrogen) atoms. The van der Waals surface area contributed by atoms with Crippen molar-refractivity contribution in [1.82, 2.24) is 9.13 Å². The van der Waals surface area contributed by atoms with Gasteiger partial charge in [0.1, 0.15) is 16.1 Å². The third-order valence-electron chi connectivity index (χ3n) is 24.9. The van der Waals surface area contributed by atoms with E-state index < -0.39 is 16.1 Å². The molecule has 0 amide bonds. The molecule has 2 aliphatic rings. The topological polar surface area (TPSA) is 9.86 Å². The molecule has 0 fully saturated rings. The first-order valence-electron chi connectivity index (χ1n) is 40.5. The standard InChI is InChI=1S/C60H43NSi.C52H39NSi/c1-62(2)59-37-48(40-12-4-3-5-13-40)30-33-54(59)55-34-32-49(38-60(55)62)61-39-57(46-28-26-45(27-29-46)53-21-11-17-43-15-7-9-19-51(43)53)56-36-47(31-35-58(56)61)41-22-24-44(25-23-41)52-20-10-16-42-14-6-8-18-50(42)52;1-54(2)51-33-44(38-16-10-5-11-17-38)26-29-46(51)47-30-28-45(34-52(47)54)53-35-49(42-24-22-40(23-25-42)37-14-8-4-9-15-37)48-32-43(27-31-50(48)53)41-20-18-39(19-21-41)36-12-6-3-7-13-36/h3-39H,1-2H3;3-35H,1-2H3. The zero-order valence-corrected chi connectivity index (χ0v) is 67.3. The van der Waals surface area contributed by atoms with E-state index in [9.17, 15) is 0 Å². The van der Waals surface area contributed by atoms with E-state index in [4.69, 9.17) is 0 Å². The molecule has 0 atom stereocenters. The second-order valence-electron chi connectivity index (χ2n) is 32.3. The molecule has 0 saturated carbocycles. The van der Waals surface area contributed by atoms with Gasteiger partial charge in [0.15, 0.2) is 0 Å². The molecule has 2 aliphatic heterocycles. The van der Waals surface area contributed by atoms with Crippen LogP contribution in [0.2, 0.25) is 26.2 Å². The van der Waals surface area contributed by atoms with Crippen LogP contribution in [0, 0.1) is 0 Å². The van der Waals surface area contributed by atoms with Gasteiger partial charge < -0.3 is 9.13 Å². The molecule has 2 nitrogen and oxygen atoms in total. The molecule has 0 radical (unpaired) electrons. The van der Waals surface area contributed by atoms with Crippen LogP contribution in [0.4, 0.5) is 0 Å². The summed E-state index contributed by atoms with van der Waals surface area (Å²) in [4.78, 5) is 0. The van der Waals surface area contributed by atoms with Crippen molar-refractivity contribution in [1.29, 1.82) is 0 Å². The zero-order valence-electron chi connectivity index (χ0n) is 65.3. The highest BCUT2D eigenvalue weighted by atomic mass is 28.3. The SMILES string of the molecule is C[Si]1(C)c2cc(-c3ccccc3)ccc2-c2ccc(-n3cc(-c4ccc(-c5cccc6ccccc56)cc4)c4cc(-c5ccc(-c6cccc7ccccc67)cc5)ccc43)cc21.C[Si]1(C)c2cc(-c3ccccc3)ccc2-c2ccc(-n3cc(-c4ccc(-c5ccccc5)cc4)c4cc(-c5ccc(-c6ccccc6)cc5)ccc43)cc21. The van der Waals surface area contributed by atoms with E-state index in [2.05, 4.69) is 460 Å². The highest BCUT2D eigenvalue weighted by Gasteiger charge is 2.40. The maximum atomic E-state index is 2.52. The maximum absolute atomic E-state index is 2.52. The summed E-state index contributed by atoms with van der Waals surface area (Å²) in [5.41, 5.74) is 35.2. The van der Waals surface area contributed by atoms with Crippen molar-refractivity contribution in [3.8, 4) is 145 Å². The molecule has 4 heterocycles. The first-order valence-corrected chi connectivity index (χ1v) is 46.5. The highest BCUT2D eigenvalue weighted by molar-refractivity contribution is 7.04. The molecule has 22 rings (SSSR count). The van der Waals surface area contributed by atoms with Gasteiger partial charge in [0.05, 0.1) is 11.0 Å². The molecule has 2 aromatic heterocycles. The molecule has 548 valence electrons. The fourth-order valence-electron chi connectivity index (χ4n) is 18.7. The van der Waals surface area contributed by atoms with Gasteiger partial charge in [-0.1, -0.05) is 390 Å². The van der Waals surface area contributed by atoms with E-state index in [0.29, 0.717) is 0 Å². The van der Waals surface area contributed by atoms with E-state index >= 15 is 0 Å². The minimum absolute atomic E-state index is 1.20. The van der Waals surface area contributed by atoms with Crippen LogP contribution in [0.25, 0.3) is 188 Å². The van der Waals surface area contributed by atoms with Crippen molar-refractivity contribution in [3.05, 3.63) is 425 Å². The smallest absolute Gasteiger partial charge is 0.113 e. The fourth-order valence-corrected chi connectivity index (χ4v) is 24.9. The lowest BCUT2D eigenvalue weighted by molar-refractivity contribution is 1.13. The Morgan fingerprint density at radius 2 is 0.414 bits per heavy atom. The van der Waals surface area contributed by atoms with Gasteiger partial charge in [-0.15, -0.1) is 0 Å². The Morgan fingerprint density at radius 1 is 0.164 bits per heavy atom. The number of aromatic nitrogens is 2. The lowest BCUT2D eigenvalue weighted by Gasteiger charge is -2.20. The van der Waals surface area contributed by atoms with Crippen LogP contribution in [0.5, 0.6) is 0 Å². The molecule has 0 bridgehead atoms. The fraction of sp³-hybridized carbons (Fsp3) is 0.0357. The van der Waals surface area contributed by atoms with Crippen LogP contribution in [-0.4, -0.2) is 25.3 Å². The minimum atomic E-state index is -2.00. The molecule has 0 aliphatic carbocycles. The van der Waals surface area contributed by atoms with Gasteiger partial charge in [-0.3, -0.25) is 0 Å². The van der Waals surface area contributed by atoms with Crippen LogP contribution < -0.4 is 20.7 Å². The Labute approximate surface area is 680 Å². The summed E-state index contributed by atoms with van der Waals surface area (Å²) in [6.07, 6.45) is 4.73. The normalized spacial score (nSPS) is 12.8. The number of hydrogen-bond donors (Lipinski definition) is 0. The summed E-state index contributed by atoms with van der Waals surface area (Å²) in [5, 5.41) is 13.6. The van der Waals surface area contributed by atoms with E-state index in [0.717, 1.165) is 0 Å². The van der Waals surface area contributed by atoms with Crippen molar-refractivity contribution in [3.63, 3.8) is 0 Å². The third kappa shape index (κ3) is 12.3. The van der Waals surface area contributed by atoms with Crippen LogP contribution in [0.3, 0.4) is 0 Å². The van der Waals surface area contributed by atoms with Crippen molar-refractivity contribution in [2.24, 2.45) is 0 Å². The molecular weight excluding hydrogens is 1430 g/mol. The molecule has 0 spiro atoms. The van der Waals surface area contributed by atoms with Crippen LogP contribution in [-0.2, 0) is 0 Å². The van der Waals surface area contributed by atoms with Gasteiger partial charge >= 0.3 is 0 Å². The minimum Gasteiger partial charge on any atom is -0.316 e. The Bertz CT molecular complexity index is 7170. The maximum Gasteiger partial charge on any atom is 0.113 e. The number of hydrogen-bond acceptors (Lipinski definition) is 0. The lowest BCUT2D eigenvalue weighted by Crippen LogP contribution is -2.49. The van der Waals surface area contributed by atoms with Gasteiger partial charge in [0, 0.05) is 45.7 Å². The van der Waals surface area contributed by atoms with Gasteiger partial charge in [-0.05, 0) is 213 Å². The largest absolute Gasteiger partial charge is 0.316 e. The molecule has 20 aromatic rings. The zero-order chi connectivity index (χ0) is 77.6. The Kier molecular flexibility index (Phi) is 17.2. The second-order valence-corrected chi connectivity index (χ2v) is 41.0. The van der Waals surface area contributed by atoms with Gasteiger partial charge in [-0.2, -0.15) is 0 Å². The summed E-state index contributed by atoms with van der Waals surface area (Å²) >= 11 is 0. The van der Waals surface area contributed by atoms with Gasteiger partial charge in [0.2, 0.25) is 0 Å². The molecule has 0 unspecified atom stereocenters. The van der Waals surface area contributed by atoms with Gasteiger partial charge in [-0.25, -0.2) is 0 Å². The van der Waals surface area contributed by atoms with Crippen LogP contribution in [0.1, 0.15) is 0 Å². The quantitative estimate of drug-likeness (QED) is 0.108. The molecule has 0 N–H and O–H groups in total. The number of nitrogens with zero attached hydrogens (tertiary/aromatic N) is 2. The van der Waals surface area contributed by atoms with Gasteiger partial charge in [0.25, 0.3) is 0 Å². The van der Waals surface area contributed by atoms with E-state index in [1.54, 1.807) is 0 Å². The van der Waals surface area contributed by atoms with Crippen molar-refractivity contribution in [2.45, 2.75) is 26.2 Å². The predicted molar refractivity (Wildman–Crippen MR) is 500 cm³/mol.